The number of pyridine rings is 1. The van der Waals surface area contributed by atoms with Crippen LogP contribution < -0.4 is 10.1 Å². The highest BCUT2D eigenvalue weighted by Gasteiger charge is 2.12. The average Bonchev–Trinajstić information content (AvgIpc) is 2.64. The number of aromatic nitrogens is 1. The Labute approximate surface area is 150 Å². The predicted molar refractivity (Wildman–Crippen MR) is 96.4 cm³/mol. The molecule has 1 aromatic heterocycles. The molecule has 1 unspecified atom stereocenters. The van der Waals surface area contributed by atoms with Gasteiger partial charge in [-0.1, -0.05) is 19.1 Å². The van der Waals surface area contributed by atoms with Crippen LogP contribution in [0, 0.1) is 5.92 Å². The molecule has 0 fully saturated rings. The van der Waals surface area contributed by atoms with Crippen molar-refractivity contribution in [3.63, 3.8) is 0 Å². The number of methoxy groups -OCH3 is 1. The Kier molecular flexibility index (Phi) is 6.82. The van der Waals surface area contributed by atoms with Crippen LogP contribution in [0.15, 0.2) is 47.5 Å². The van der Waals surface area contributed by atoms with Crippen molar-refractivity contribution < 1.29 is 19.4 Å². The van der Waals surface area contributed by atoms with Crippen LogP contribution in [0.3, 0.4) is 0 Å². The molecule has 0 bridgehead atoms. The number of carbonyl (C=O) groups is 2. The number of para-hydroxylation sites is 1. The third-order valence-electron chi connectivity index (χ3n) is 3.44. The summed E-state index contributed by atoms with van der Waals surface area (Å²) in [6.45, 7) is 2.53. The summed E-state index contributed by atoms with van der Waals surface area (Å²) in [5, 5.41) is 11.7. The van der Waals surface area contributed by atoms with Crippen LogP contribution in [0.25, 0.3) is 0 Å². The zero-order chi connectivity index (χ0) is 18.2. The van der Waals surface area contributed by atoms with Gasteiger partial charge in [-0.25, -0.2) is 9.78 Å². The van der Waals surface area contributed by atoms with Gasteiger partial charge in [0.15, 0.2) is 0 Å². The fourth-order valence-corrected chi connectivity index (χ4v) is 3.14. The summed E-state index contributed by atoms with van der Waals surface area (Å²) in [5.41, 5.74) is 0.143. The number of carboxylic acids is 1. The van der Waals surface area contributed by atoms with Crippen LogP contribution in [-0.2, 0) is 0 Å². The van der Waals surface area contributed by atoms with Crippen LogP contribution >= 0.6 is 11.8 Å². The summed E-state index contributed by atoms with van der Waals surface area (Å²) in [6.07, 6.45) is 1.32. The number of hydrogen-bond acceptors (Lipinski definition) is 5. The molecule has 0 saturated carbocycles. The van der Waals surface area contributed by atoms with E-state index in [-0.39, 0.29) is 23.1 Å². The highest BCUT2D eigenvalue weighted by Crippen LogP contribution is 2.29. The number of aromatic carboxylic acids is 1. The third kappa shape index (κ3) is 5.49. The minimum atomic E-state index is -1.16. The Balaban J connectivity index is 1.85. The lowest BCUT2D eigenvalue weighted by atomic mass is 10.2. The summed E-state index contributed by atoms with van der Waals surface area (Å²) in [4.78, 5) is 27.8. The predicted octanol–water partition coefficient (Wildman–Crippen LogP) is 2.95. The van der Waals surface area contributed by atoms with Crippen molar-refractivity contribution in [2.75, 3.05) is 19.4 Å². The van der Waals surface area contributed by atoms with Crippen molar-refractivity contribution in [2.24, 2.45) is 5.92 Å². The number of carbonyl (C=O) groups excluding carboxylic acids is 1. The van der Waals surface area contributed by atoms with Crippen LogP contribution in [0.2, 0.25) is 0 Å². The standard InChI is InChI=1S/C18H20N2O4S/c1-12(11-25-16-6-4-3-5-15(16)24-2)10-20-17(21)13-7-8-19-14(9-13)18(22)23/h3-9,12H,10-11H2,1-2H3,(H,20,21)(H,22,23). The Bertz CT molecular complexity index is 751. The number of carboxylic acid groups (broad SMARTS) is 1. The van der Waals surface area contributed by atoms with E-state index in [2.05, 4.69) is 10.3 Å². The van der Waals surface area contributed by atoms with Crippen molar-refractivity contribution >= 4 is 23.6 Å². The first-order valence-corrected chi connectivity index (χ1v) is 8.73. The Morgan fingerprint density at radius 1 is 1.32 bits per heavy atom. The second-order valence-corrected chi connectivity index (χ2v) is 6.57. The minimum absolute atomic E-state index is 0.146. The zero-order valence-corrected chi connectivity index (χ0v) is 14.9. The van der Waals surface area contributed by atoms with Crippen LogP contribution in [-0.4, -0.2) is 41.4 Å². The van der Waals surface area contributed by atoms with Gasteiger partial charge in [0.1, 0.15) is 11.4 Å². The SMILES string of the molecule is COc1ccccc1SCC(C)CNC(=O)c1ccnc(C(=O)O)c1. The average molecular weight is 360 g/mol. The van der Waals surface area contributed by atoms with E-state index in [4.69, 9.17) is 9.84 Å². The molecule has 1 atom stereocenters. The second kappa shape index (κ2) is 9.08. The summed E-state index contributed by atoms with van der Waals surface area (Å²) in [6, 6.07) is 10.6. The van der Waals surface area contributed by atoms with E-state index in [0.29, 0.717) is 6.54 Å². The molecular weight excluding hydrogens is 340 g/mol. The molecule has 2 rings (SSSR count). The first-order chi connectivity index (χ1) is 12.0. The molecule has 132 valence electrons. The molecule has 25 heavy (non-hydrogen) atoms. The second-order valence-electron chi connectivity index (χ2n) is 5.51. The lowest BCUT2D eigenvalue weighted by Crippen LogP contribution is -2.29. The Morgan fingerprint density at radius 2 is 2.08 bits per heavy atom. The van der Waals surface area contributed by atoms with Gasteiger partial charge in [-0.15, -0.1) is 11.8 Å². The van der Waals surface area contributed by atoms with E-state index in [0.717, 1.165) is 16.4 Å². The van der Waals surface area contributed by atoms with Gasteiger partial charge in [-0.05, 0) is 30.2 Å². The first-order valence-electron chi connectivity index (χ1n) is 7.74. The molecule has 1 aromatic carbocycles. The molecule has 6 nitrogen and oxygen atoms in total. The first kappa shape index (κ1) is 18.8. The molecule has 0 aliphatic rings. The number of thioether (sulfide) groups is 1. The smallest absolute Gasteiger partial charge is 0.354 e. The van der Waals surface area contributed by atoms with E-state index < -0.39 is 5.97 Å². The number of hydrogen-bond donors (Lipinski definition) is 2. The fraction of sp³-hybridized carbons (Fsp3) is 0.278. The molecular formula is C18H20N2O4S. The van der Waals surface area contributed by atoms with Crippen molar-refractivity contribution in [1.29, 1.82) is 0 Å². The molecule has 7 heteroatoms. The van der Waals surface area contributed by atoms with Crippen LogP contribution in [0.5, 0.6) is 5.75 Å². The number of nitrogens with one attached hydrogen (secondary N) is 1. The molecule has 2 aromatic rings. The Morgan fingerprint density at radius 3 is 2.80 bits per heavy atom. The van der Waals surface area contributed by atoms with E-state index in [1.807, 2.05) is 31.2 Å². The van der Waals surface area contributed by atoms with E-state index in [9.17, 15) is 9.59 Å². The topological polar surface area (TPSA) is 88.5 Å². The van der Waals surface area contributed by atoms with Gasteiger partial charge in [0.2, 0.25) is 0 Å². The lowest BCUT2D eigenvalue weighted by molar-refractivity contribution is 0.0690. The van der Waals surface area contributed by atoms with Gasteiger partial charge in [-0.2, -0.15) is 0 Å². The number of nitrogens with zero attached hydrogens (tertiary/aromatic N) is 1. The number of ether oxygens (including phenoxy) is 1. The van der Waals surface area contributed by atoms with E-state index in [1.165, 1.54) is 18.3 Å². The molecule has 0 aliphatic carbocycles. The van der Waals surface area contributed by atoms with Gasteiger partial charge in [-0.3, -0.25) is 4.79 Å². The molecule has 0 saturated heterocycles. The molecule has 1 heterocycles. The molecule has 2 N–H and O–H groups in total. The quantitative estimate of drug-likeness (QED) is 0.704. The summed E-state index contributed by atoms with van der Waals surface area (Å²) in [5.74, 6) is 0.425. The maximum Gasteiger partial charge on any atom is 0.354 e. The van der Waals surface area contributed by atoms with Crippen molar-refractivity contribution in [3.8, 4) is 5.75 Å². The van der Waals surface area contributed by atoms with Crippen molar-refractivity contribution in [1.82, 2.24) is 10.3 Å². The highest BCUT2D eigenvalue weighted by atomic mass is 32.2. The van der Waals surface area contributed by atoms with E-state index in [1.54, 1.807) is 18.9 Å². The van der Waals surface area contributed by atoms with E-state index >= 15 is 0 Å². The summed E-state index contributed by atoms with van der Waals surface area (Å²) >= 11 is 1.67. The van der Waals surface area contributed by atoms with Crippen LogP contribution in [0.4, 0.5) is 0 Å². The maximum absolute atomic E-state index is 12.1. The molecule has 0 radical (unpaired) electrons. The molecule has 1 amide bonds. The highest BCUT2D eigenvalue weighted by molar-refractivity contribution is 7.99. The van der Waals surface area contributed by atoms with Crippen LogP contribution in [0.1, 0.15) is 27.8 Å². The fourth-order valence-electron chi connectivity index (χ4n) is 2.09. The zero-order valence-electron chi connectivity index (χ0n) is 14.1. The lowest BCUT2D eigenvalue weighted by Gasteiger charge is -2.14. The van der Waals surface area contributed by atoms with Gasteiger partial charge in [0, 0.05) is 29.0 Å². The van der Waals surface area contributed by atoms with Gasteiger partial charge in [0.05, 0.1) is 7.11 Å². The van der Waals surface area contributed by atoms with Gasteiger partial charge >= 0.3 is 5.97 Å². The number of rotatable bonds is 8. The van der Waals surface area contributed by atoms with Crippen molar-refractivity contribution in [3.05, 3.63) is 53.9 Å². The normalized spacial score (nSPS) is 11.6. The van der Waals surface area contributed by atoms with Gasteiger partial charge in [0.25, 0.3) is 5.91 Å². The Hall–Kier alpha value is -2.54. The minimum Gasteiger partial charge on any atom is -0.496 e. The summed E-state index contributed by atoms with van der Waals surface area (Å²) in [7, 11) is 1.64. The monoisotopic (exact) mass is 360 g/mol. The number of amides is 1. The largest absolute Gasteiger partial charge is 0.496 e. The summed E-state index contributed by atoms with van der Waals surface area (Å²) < 4.78 is 5.32. The third-order valence-corrected chi connectivity index (χ3v) is 4.83. The number of benzene rings is 1. The molecule has 0 aliphatic heterocycles. The van der Waals surface area contributed by atoms with Gasteiger partial charge < -0.3 is 15.2 Å². The molecule has 0 spiro atoms. The maximum atomic E-state index is 12.1. The van der Waals surface area contributed by atoms with Crippen molar-refractivity contribution in [2.45, 2.75) is 11.8 Å².